The normalized spacial score (nSPS) is 11.2. The van der Waals surface area contributed by atoms with Crippen LogP contribution in [-0.2, 0) is 6.54 Å². The van der Waals surface area contributed by atoms with E-state index in [2.05, 4.69) is 63.2 Å². The zero-order valence-electron chi connectivity index (χ0n) is 22.8. The molecule has 204 valence electrons. The first-order valence-corrected chi connectivity index (χ1v) is 13.7. The average molecular weight is 534 g/mol. The van der Waals surface area contributed by atoms with Crippen molar-refractivity contribution in [1.29, 1.82) is 0 Å². The van der Waals surface area contributed by atoms with Crippen LogP contribution in [-0.4, -0.2) is 47.0 Å². The molecule has 5 rings (SSSR count). The first-order chi connectivity index (χ1) is 19.6. The van der Waals surface area contributed by atoms with Crippen LogP contribution in [0, 0.1) is 6.92 Å². The molecule has 0 spiro atoms. The van der Waals surface area contributed by atoms with Crippen molar-refractivity contribution >= 4 is 33.4 Å². The van der Waals surface area contributed by atoms with Gasteiger partial charge in [0.05, 0.1) is 11.2 Å². The maximum atomic E-state index is 11.6. The van der Waals surface area contributed by atoms with Crippen molar-refractivity contribution in [3.63, 3.8) is 0 Å². The minimum absolute atomic E-state index is 0.442. The molecule has 1 amide bonds. The SMILES string of the molecule is Cc1cc(CNCCCCNCCNc2nc3cc(C(N)=O)ccc3c3cnccc23)ncc1-c1ccccc1. The summed E-state index contributed by atoms with van der Waals surface area (Å²) < 4.78 is 0. The van der Waals surface area contributed by atoms with Gasteiger partial charge in [0.25, 0.3) is 0 Å². The number of aromatic nitrogens is 3. The number of fused-ring (bicyclic) bond motifs is 3. The summed E-state index contributed by atoms with van der Waals surface area (Å²) in [6, 6.07) is 19.9. The van der Waals surface area contributed by atoms with E-state index in [0.29, 0.717) is 5.56 Å². The number of anilines is 1. The molecular weight excluding hydrogens is 498 g/mol. The van der Waals surface area contributed by atoms with Crippen LogP contribution >= 0.6 is 0 Å². The number of nitrogens with one attached hydrogen (secondary N) is 3. The summed E-state index contributed by atoms with van der Waals surface area (Å²) in [6.45, 7) is 6.37. The molecule has 8 nitrogen and oxygen atoms in total. The lowest BCUT2D eigenvalue weighted by Crippen LogP contribution is -2.24. The second kappa shape index (κ2) is 13.1. The Morgan fingerprint density at radius 1 is 0.850 bits per heavy atom. The van der Waals surface area contributed by atoms with Gasteiger partial charge in [-0.05, 0) is 68.2 Å². The van der Waals surface area contributed by atoms with Crippen molar-refractivity contribution in [2.45, 2.75) is 26.3 Å². The van der Waals surface area contributed by atoms with E-state index in [9.17, 15) is 4.79 Å². The summed E-state index contributed by atoms with van der Waals surface area (Å²) in [5.41, 5.74) is 11.3. The number of rotatable bonds is 13. The molecule has 0 aliphatic heterocycles. The van der Waals surface area contributed by atoms with Crippen LogP contribution in [0.1, 0.15) is 34.5 Å². The fraction of sp³-hybridized carbons (Fsp3) is 0.250. The summed E-state index contributed by atoms with van der Waals surface area (Å²) in [5.74, 6) is 0.311. The standard InChI is InChI=1S/C32H35N7O/c1-22-17-25(38-21-28(22)23-7-3-2-4-8-23)19-35-13-6-5-12-34-15-16-37-32-27-11-14-36-20-29(27)26-10-9-24(31(33)40)18-30(26)39-32/h2-4,7-11,14,17-18,20-21,34-35H,5-6,12-13,15-16,19H2,1H3,(H2,33,40)(H,37,39). The highest BCUT2D eigenvalue weighted by Crippen LogP contribution is 2.29. The molecule has 0 unspecified atom stereocenters. The van der Waals surface area contributed by atoms with Gasteiger partial charge in [-0.15, -0.1) is 0 Å². The Hall–Kier alpha value is -4.40. The van der Waals surface area contributed by atoms with Crippen molar-refractivity contribution in [1.82, 2.24) is 25.6 Å². The molecule has 3 heterocycles. The molecule has 0 radical (unpaired) electrons. The van der Waals surface area contributed by atoms with Gasteiger partial charge in [0.2, 0.25) is 5.91 Å². The van der Waals surface area contributed by atoms with Gasteiger partial charge in [0.15, 0.2) is 0 Å². The number of pyridine rings is 3. The molecule has 0 aliphatic carbocycles. The third-order valence-electron chi connectivity index (χ3n) is 6.99. The molecule has 0 saturated heterocycles. The van der Waals surface area contributed by atoms with E-state index >= 15 is 0 Å². The van der Waals surface area contributed by atoms with Gasteiger partial charge in [-0.2, -0.15) is 0 Å². The maximum absolute atomic E-state index is 11.6. The number of carbonyl (C=O) groups is 1. The average Bonchev–Trinajstić information content (AvgIpc) is 2.98. The van der Waals surface area contributed by atoms with E-state index in [4.69, 9.17) is 10.7 Å². The minimum atomic E-state index is -0.465. The second-order valence-corrected chi connectivity index (χ2v) is 9.90. The molecule has 0 bridgehead atoms. The Morgan fingerprint density at radius 2 is 1.68 bits per heavy atom. The molecule has 0 atom stereocenters. The number of unbranched alkanes of at least 4 members (excludes halogenated alkanes) is 1. The van der Waals surface area contributed by atoms with Crippen molar-refractivity contribution in [2.24, 2.45) is 5.73 Å². The van der Waals surface area contributed by atoms with Gasteiger partial charge in [-0.3, -0.25) is 14.8 Å². The fourth-order valence-corrected chi connectivity index (χ4v) is 4.88. The van der Waals surface area contributed by atoms with Crippen LogP contribution in [0.25, 0.3) is 32.8 Å². The number of amides is 1. The lowest BCUT2D eigenvalue weighted by atomic mass is 10.0. The number of nitrogens with two attached hydrogens (primary N) is 1. The maximum Gasteiger partial charge on any atom is 0.248 e. The lowest BCUT2D eigenvalue weighted by Gasteiger charge is -2.12. The number of hydrogen-bond donors (Lipinski definition) is 4. The fourth-order valence-electron chi connectivity index (χ4n) is 4.88. The van der Waals surface area contributed by atoms with Gasteiger partial charge in [0.1, 0.15) is 5.82 Å². The van der Waals surface area contributed by atoms with E-state index in [1.807, 2.05) is 30.6 Å². The van der Waals surface area contributed by atoms with Crippen molar-refractivity contribution < 1.29 is 4.79 Å². The molecule has 3 aromatic heterocycles. The van der Waals surface area contributed by atoms with Crippen molar-refractivity contribution in [3.05, 3.63) is 96.1 Å². The van der Waals surface area contributed by atoms with E-state index < -0.39 is 5.91 Å². The largest absolute Gasteiger partial charge is 0.368 e. The first-order valence-electron chi connectivity index (χ1n) is 13.7. The van der Waals surface area contributed by atoms with Crippen LogP contribution < -0.4 is 21.7 Å². The van der Waals surface area contributed by atoms with E-state index in [0.717, 1.165) is 78.8 Å². The third-order valence-corrected chi connectivity index (χ3v) is 6.99. The highest BCUT2D eigenvalue weighted by atomic mass is 16.1. The van der Waals surface area contributed by atoms with Crippen LogP contribution in [0.15, 0.2) is 79.3 Å². The summed E-state index contributed by atoms with van der Waals surface area (Å²) in [6.07, 6.45) is 7.75. The smallest absolute Gasteiger partial charge is 0.248 e. The predicted octanol–water partition coefficient (Wildman–Crippen LogP) is 4.82. The number of aryl methyl sites for hydroxylation is 1. The molecule has 2 aromatic carbocycles. The number of hydrogen-bond acceptors (Lipinski definition) is 7. The molecule has 0 saturated carbocycles. The summed E-state index contributed by atoms with van der Waals surface area (Å²) in [4.78, 5) is 25.3. The van der Waals surface area contributed by atoms with Gasteiger partial charge in [-0.1, -0.05) is 36.4 Å². The first kappa shape index (κ1) is 27.2. The van der Waals surface area contributed by atoms with E-state index in [1.165, 1.54) is 16.7 Å². The topological polar surface area (TPSA) is 118 Å². The van der Waals surface area contributed by atoms with Gasteiger partial charge < -0.3 is 21.7 Å². The van der Waals surface area contributed by atoms with Crippen molar-refractivity contribution in [2.75, 3.05) is 31.5 Å². The number of carbonyl (C=O) groups excluding carboxylic acids is 1. The quantitative estimate of drug-likeness (QED) is 0.127. The van der Waals surface area contributed by atoms with Crippen LogP contribution in [0.4, 0.5) is 5.82 Å². The molecule has 5 aromatic rings. The Morgan fingerprint density at radius 3 is 2.48 bits per heavy atom. The van der Waals surface area contributed by atoms with E-state index in [-0.39, 0.29) is 0 Å². The van der Waals surface area contributed by atoms with Crippen LogP contribution in [0.2, 0.25) is 0 Å². The predicted molar refractivity (Wildman–Crippen MR) is 162 cm³/mol. The highest BCUT2D eigenvalue weighted by molar-refractivity contribution is 6.11. The molecule has 0 aliphatic rings. The minimum Gasteiger partial charge on any atom is -0.368 e. The van der Waals surface area contributed by atoms with Gasteiger partial charge >= 0.3 is 0 Å². The number of primary amides is 1. The molecule has 40 heavy (non-hydrogen) atoms. The van der Waals surface area contributed by atoms with Gasteiger partial charge in [-0.25, -0.2) is 4.98 Å². The highest BCUT2D eigenvalue weighted by Gasteiger charge is 2.10. The lowest BCUT2D eigenvalue weighted by molar-refractivity contribution is 0.100. The summed E-state index contributed by atoms with van der Waals surface area (Å²) >= 11 is 0. The van der Waals surface area contributed by atoms with Crippen LogP contribution in [0.3, 0.4) is 0 Å². The molecule has 5 N–H and O–H groups in total. The zero-order chi connectivity index (χ0) is 27.7. The van der Waals surface area contributed by atoms with E-state index in [1.54, 1.807) is 18.3 Å². The Balaban J connectivity index is 1.02. The summed E-state index contributed by atoms with van der Waals surface area (Å²) in [7, 11) is 0. The second-order valence-electron chi connectivity index (χ2n) is 9.90. The summed E-state index contributed by atoms with van der Waals surface area (Å²) in [5, 5.41) is 13.4. The Bertz CT molecular complexity index is 1600. The third kappa shape index (κ3) is 6.59. The van der Waals surface area contributed by atoms with Gasteiger partial charge in [0, 0.05) is 65.5 Å². The number of nitrogens with zero attached hydrogens (tertiary/aromatic N) is 3. The Kier molecular flexibility index (Phi) is 8.90. The molecule has 8 heteroatoms. The molecule has 0 fully saturated rings. The zero-order valence-corrected chi connectivity index (χ0v) is 22.8. The van der Waals surface area contributed by atoms with Crippen molar-refractivity contribution in [3.8, 4) is 11.1 Å². The Labute approximate surface area is 234 Å². The molecular formula is C32H35N7O. The number of benzene rings is 2. The monoisotopic (exact) mass is 533 g/mol. The van der Waals surface area contributed by atoms with Crippen LogP contribution in [0.5, 0.6) is 0 Å².